The number of hydrogen-bond donors (Lipinski definition) is 1. The third-order valence-corrected chi connectivity index (χ3v) is 5.45. The Balaban J connectivity index is 1.54. The van der Waals surface area contributed by atoms with Crippen molar-refractivity contribution in [3.8, 4) is 0 Å². The molecule has 1 amide bonds. The highest BCUT2D eigenvalue weighted by Gasteiger charge is 2.28. The molecule has 0 saturated carbocycles. The predicted octanol–water partition coefficient (Wildman–Crippen LogP) is 3.55. The van der Waals surface area contributed by atoms with Crippen molar-refractivity contribution in [1.82, 2.24) is 9.88 Å². The molecule has 1 aromatic carbocycles. The van der Waals surface area contributed by atoms with Crippen LogP contribution < -0.4 is 5.32 Å². The fraction of sp³-hybridized carbons (Fsp3) is 0.263. The summed E-state index contributed by atoms with van der Waals surface area (Å²) in [5.74, 6) is 0.869. The average Bonchev–Trinajstić information content (AvgIpc) is 3.12. The van der Waals surface area contributed by atoms with Gasteiger partial charge in [0.05, 0.1) is 23.7 Å². The van der Waals surface area contributed by atoms with Crippen molar-refractivity contribution in [2.45, 2.75) is 6.10 Å². The van der Waals surface area contributed by atoms with Gasteiger partial charge in [0.15, 0.2) is 0 Å². The number of anilines is 1. The van der Waals surface area contributed by atoms with Gasteiger partial charge in [-0.1, -0.05) is 24.3 Å². The maximum absolute atomic E-state index is 12.9. The third-order valence-electron chi connectivity index (χ3n) is 4.35. The maximum atomic E-state index is 12.9. The molecule has 1 fully saturated rings. The SMILES string of the molecule is CNc1cccc(C2CN(C(=O)c3cc4ccccc4s3)CCO2)n1. The van der Waals surface area contributed by atoms with Crippen molar-refractivity contribution in [1.29, 1.82) is 0 Å². The van der Waals surface area contributed by atoms with Gasteiger partial charge >= 0.3 is 0 Å². The number of ether oxygens (including phenoxy) is 1. The highest BCUT2D eigenvalue weighted by Crippen LogP contribution is 2.28. The quantitative estimate of drug-likeness (QED) is 0.782. The highest BCUT2D eigenvalue weighted by molar-refractivity contribution is 7.20. The van der Waals surface area contributed by atoms with Gasteiger partial charge in [0, 0.05) is 18.3 Å². The number of aromatic nitrogens is 1. The number of carbonyl (C=O) groups is 1. The summed E-state index contributed by atoms with van der Waals surface area (Å²) in [6.07, 6.45) is -0.194. The molecule has 0 bridgehead atoms. The molecule has 1 atom stereocenters. The first-order valence-electron chi connectivity index (χ1n) is 8.29. The fourth-order valence-corrected chi connectivity index (χ4v) is 4.06. The Labute approximate surface area is 150 Å². The first-order chi connectivity index (χ1) is 12.2. The standard InChI is InChI=1S/C19H19N3O2S/c1-20-18-8-4-6-14(21-18)15-12-22(9-10-24-15)19(23)17-11-13-5-2-3-7-16(13)25-17/h2-8,11,15H,9-10,12H2,1H3,(H,20,21). The van der Waals surface area contributed by atoms with Crippen molar-refractivity contribution in [3.05, 3.63) is 59.1 Å². The molecule has 0 radical (unpaired) electrons. The molecule has 1 saturated heterocycles. The normalized spacial score (nSPS) is 17.6. The second-order valence-corrected chi connectivity index (χ2v) is 7.04. The average molecular weight is 353 g/mol. The molecule has 0 spiro atoms. The summed E-state index contributed by atoms with van der Waals surface area (Å²) in [5.41, 5.74) is 0.848. The number of pyridine rings is 1. The smallest absolute Gasteiger partial charge is 0.264 e. The maximum Gasteiger partial charge on any atom is 0.264 e. The van der Waals surface area contributed by atoms with Crippen molar-refractivity contribution in [2.24, 2.45) is 0 Å². The van der Waals surface area contributed by atoms with E-state index < -0.39 is 0 Å². The van der Waals surface area contributed by atoms with Gasteiger partial charge in [-0.15, -0.1) is 11.3 Å². The van der Waals surface area contributed by atoms with Crippen LogP contribution in [0.1, 0.15) is 21.5 Å². The zero-order valence-electron chi connectivity index (χ0n) is 13.9. The molecule has 6 heteroatoms. The van der Waals surface area contributed by atoms with E-state index in [-0.39, 0.29) is 12.0 Å². The van der Waals surface area contributed by atoms with Crippen LogP contribution in [0.5, 0.6) is 0 Å². The Hall–Kier alpha value is -2.44. The van der Waals surface area contributed by atoms with Crippen LogP contribution in [0.4, 0.5) is 5.82 Å². The molecule has 4 rings (SSSR count). The van der Waals surface area contributed by atoms with Gasteiger partial charge in [-0.3, -0.25) is 4.79 Å². The number of morpholine rings is 1. The summed E-state index contributed by atoms with van der Waals surface area (Å²) in [7, 11) is 1.84. The van der Waals surface area contributed by atoms with Crippen LogP contribution in [-0.2, 0) is 4.74 Å². The second-order valence-electron chi connectivity index (χ2n) is 5.96. The van der Waals surface area contributed by atoms with E-state index in [4.69, 9.17) is 4.74 Å². The number of nitrogens with zero attached hydrogens (tertiary/aromatic N) is 2. The number of carbonyl (C=O) groups excluding carboxylic acids is 1. The number of fused-ring (bicyclic) bond motifs is 1. The molecule has 2 aromatic heterocycles. The summed E-state index contributed by atoms with van der Waals surface area (Å²) in [4.78, 5) is 20.1. The number of rotatable bonds is 3. The predicted molar refractivity (Wildman–Crippen MR) is 100 cm³/mol. The largest absolute Gasteiger partial charge is 0.373 e. The molecule has 1 aliphatic rings. The molecule has 128 valence electrons. The van der Waals surface area contributed by atoms with E-state index in [1.54, 1.807) is 11.3 Å². The minimum absolute atomic E-state index is 0.0688. The fourth-order valence-electron chi connectivity index (χ4n) is 3.03. The van der Waals surface area contributed by atoms with Crippen LogP contribution >= 0.6 is 11.3 Å². The van der Waals surface area contributed by atoms with E-state index in [1.807, 2.05) is 60.5 Å². The molecule has 25 heavy (non-hydrogen) atoms. The van der Waals surface area contributed by atoms with Gasteiger partial charge in [-0.05, 0) is 29.7 Å². The molecular weight excluding hydrogens is 334 g/mol. The minimum atomic E-state index is -0.194. The Bertz CT molecular complexity index is 875. The van der Waals surface area contributed by atoms with Crippen molar-refractivity contribution >= 4 is 33.1 Å². The van der Waals surface area contributed by atoms with Crippen LogP contribution in [0.15, 0.2) is 48.5 Å². The van der Waals surface area contributed by atoms with Gasteiger partial charge in [0.1, 0.15) is 11.9 Å². The first-order valence-corrected chi connectivity index (χ1v) is 9.10. The zero-order valence-corrected chi connectivity index (χ0v) is 14.8. The molecule has 1 aliphatic heterocycles. The number of hydrogen-bond acceptors (Lipinski definition) is 5. The lowest BCUT2D eigenvalue weighted by atomic mass is 10.1. The monoisotopic (exact) mass is 353 g/mol. The van der Waals surface area contributed by atoms with Gasteiger partial charge in [0.2, 0.25) is 0 Å². The van der Waals surface area contributed by atoms with Gasteiger partial charge < -0.3 is 15.0 Å². The van der Waals surface area contributed by atoms with Gasteiger partial charge in [0.25, 0.3) is 5.91 Å². The molecule has 0 aliphatic carbocycles. The van der Waals surface area contributed by atoms with Crippen molar-refractivity contribution in [3.63, 3.8) is 0 Å². The van der Waals surface area contributed by atoms with E-state index in [0.29, 0.717) is 19.7 Å². The topological polar surface area (TPSA) is 54.5 Å². The van der Waals surface area contributed by atoms with Crippen molar-refractivity contribution < 1.29 is 9.53 Å². The van der Waals surface area contributed by atoms with Crippen LogP contribution in [0.3, 0.4) is 0 Å². The first kappa shape index (κ1) is 16.1. The Kier molecular flexibility index (Phi) is 4.38. The second kappa shape index (κ2) is 6.82. The molecule has 1 unspecified atom stereocenters. The van der Waals surface area contributed by atoms with Gasteiger partial charge in [-0.25, -0.2) is 4.98 Å². The van der Waals surface area contributed by atoms with E-state index >= 15 is 0 Å². The number of benzene rings is 1. The molecular formula is C19H19N3O2S. The zero-order chi connectivity index (χ0) is 17.2. The van der Waals surface area contributed by atoms with E-state index in [1.165, 1.54) is 0 Å². The lowest BCUT2D eigenvalue weighted by Crippen LogP contribution is -2.42. The molecule has 3 aromatic rings. The summed E-state index contributed by atoms with van der Waals surface area (Å²) in [6.45, 7) is 1.65. The summed E-state index contributed by atoms with van der Waals surface area (Å²) in [5, 5.41) is 4.15. The van der Waals surface area contributed by atoms with Gasteiger partial charge in [-0.2, -0.15) is 0 Å². The Morgan fingerprint density at radius 2 is 2.16 bits per heavy atom. The van der Waals surface area contributed by atoms with E-state index in [0.717, 1.165) is 26.5 Å². The number of amides is 1. The Morgan fingerprint density at radius 3 is 3.00 bits per heavy atom. The number of thiophene rings is 1. The third kappa shape index (κ3) is 3.23. The van der Waals surface area contributed by atoms with Crippen LogP contribution in [-0.4, -0.2) is 42.5 Å². The lowest BCUT2D eigenvalue weighted by molar-refractivity contribution is -0.0245. The highest BCUT2D eigenvalue weighted by atomic mass is 32.1. The minimum Gasteiger partial charge on any atom is -0.373 e. The van der Waals surface area contributed by atoms with Crippen LogP contribution in [0.2, 0.25) is 0 Å². The molecule has 5 nitrogen and oxygen atoms in total. The Morgan fingerprint density at radius 1 is 1.28 bits per heavy atom. The van der Waals surface area contributed by atoms with Crippen LogP contribution in [0, 0.1) is 0 Å². The van der Waals surface area contributed by atoms with Crippen LogP contribution in [0.25, 0.3) is 10.1 Å². The summed E-state index contributed by atoms with van der Waals surface area (Å²) < 4.78 is 7.00. The van der Waals surface area contributed by atoms with Crippen molar-refractivity contribution in [2.75, 3.05) is 32.1 Å². The molecule has 3 heterocycles. The molecule has 1 N–H and O–H groups in total. The van der Waals surface area contributed by atoms with E-state index in [2.05, 4.69) is 10.3 Å². The number of nitrogens with one attached hydrogen (secondary N) is 1. The summed E-state index contributed by atoms with van der Waals surface area (Å²) in [6, 6.07) is 15.9. The van der Waals surface area contributed by atoms with E-state index in [9.17, 15) is 4.79 Å². The summed E-state index contributed by atoms with van der Waals surface area (Å²) >= 11 is 1.54. The lowest BCUT2D eigenvalue weighted by Gasteiger charge is -2.32.